The van der Waals surface area contributed by atoms with Crippen LogP contribution in [-0.4, -0.2) is 10.2 Å². The van der Waals surface area contributed by atoms with Crippen LogP contribution in [0.2, 0.25) is 0 Å². The SMILES string of the molecule is CCc1nnc(-c2ccc(C#N)cc2)c(C)c1CC. The first-order chi connectivity index (χ1) is 9.21. The predicted molar refractivity (Wildman–Crippen MR) is 75.7 cm³/mol. The van der Waals surface area contributed by atoms with Gasteiger partial charge in [-0.25, -0.2) is 0 Å². The maximum absolute atomic E-state index is 8.83. The van der Waals surface area contributed by atoms with Crippen LogP contribution in [0.25, 0.3) is 11.3 Å². The molecule has 0 fully saturated rings. The standard InChI is InChI=1S/C16H17N3/c1-4-14-11(3)16(19-18-15(14)5-2)13-8-6-12(10-17)7-9-13/h6-9H,4-5H2,1-3H3. The van der Waals surface area contributed by atoms with Crippen molar-refractivity contribution in [3.05, 3.63) is 46.6 Å². The topological polar surface area (TPSA) is 49.6 Å². The largest absolute Gasteiger partial charge is 0.192 e. The van der Waals surface area contributed by atoms with Crippen molar-refractivity contribution in [3.63, 3.8) is 0 Å². The zero-order valence-electron chi connectivity index (χ0n) is 11.6. The molecule has 3 nitrogen and oxygen atoms in total. The van der Waals surface area contributed by atoms with E-state index in [0.717, 1.165) is 29.8 Å². The van der Waals surface area contributed by atoms with Crippen molar-refractivity contribution in [3.8, 4) is 17.3 Å². The average molecular weight is 251 g/mol. The van der Waals surface area contributed by atoms with Gasteiger partial charge in [0.1, 0.15) is 0 Å². The van der Waals surface area contributed by atoms with Crippen LogP contribution in [0.1, 0.15) is 36.2 Å². The lowest BCUT2D eigenvalue weighted by atomic mass is 9.98. The molecular formula is C16H17N3. The van der Waals surface area contributed by atoms with Gasteiger partial charge < -0.3 is 0 Å². The maximum Gasteiger partial charge on any atom is 0.0991 e. The smallest absolute Gasteiger partial charge is 0.0991 e. The summed E-state index contributed by atoms with van der Waals surface area (Å²) < 4.78 is 0. The molecule has 0 N–H and O–H groups in total. The molecule has 0 bridgehead atoms. The molecule has 0 aliphatic heterocycles. The fraction of sp³-hybridized carbons (Fsp3) is 0.312. The van der Waals surface area contributed by atoms with Gasteiger partial charge in [-0.1, -0.05) is 26.0 Å². The summed E-state index contributed by atoms with van der Waals surface area (Å²) in [6.45, 7) is 6.34. The van der Waals surface area contributed by atoms with Crippen molar-refractivity contribution in [2.75, 3.05) is 0 Å². The molecule has 0 atom stereocenters. The van der Waals surface area contributed by atoms with Crippen molar-refractivity contribution >= 4 is 0 Å². The van der Waals surface area contributed by atoms with E-state index in [0.29, 0.717) is 5.56 Å². The second kappa shape index (κ2) is 5.62. The maximum atomic E-state index is 8.83. The van der Waals surface area contributed by atoms with E-state index in [-0.39, 0.29) is 0 Å². The molecule has 0 aliphatic carbocycles. The monoisotopic (exact) mass is 251 g/mol. The van der Waals surface area contributed by atoms with Gasteiger partial charge in [-0.2, -0.15) is 10.4 Å². The number of benzene rings is 1. The third-order valence-electron chi connectivity index (χ3n) is 3.40. The van der Waals surface area contributed by atoms with Crippen LogP contribution in [-0.2, 0) is 12.8 Å². The van der Waals surface area contributed by atoms with Gasteiger partial charge in [-0.3, -0.25) is 0 Å². The first kappa shape index (κ1) is 13.2. The van der Waals surface area contributed by atoms with Gasteiger partial charge in [-0.05, 0) is 43.0 Å². The minimum absolute atomic E-state index is 0.662. The van der Waals surface area contributed by atoms with Crippen LogP contribution in [0.3, 0.4) is 0 Å². The average Bonchev–Trinajstić information content (AvgIpc) is 2.47. The van der Waals surface area contributed by atoms with E-state index in [1.807, 2.05) is 24.3 Å². The number of hydrogen-bond acceptors (Lipinski definition) is 3. The Labute approximate surface area is 113 Å². The van der Waals surface area contributed by atoms with Crippen LogP contribution >= 0.6 is 0 Å². The molecule has 0 radical (unpaired) electrons. The van der Waals surface area contributed by atoms with E-state index < -0.39 is 0 Å². The Morgan fingerprint density at radius 3 is 2.26 bits per heavy atom. The lowest BCUT2D eigenvalue weighted by molar-refractivity contribution is 0.869. The van der Waals surface area contributed by atoms with Gasteiger partial charge in [-0.15, -0.1) is 5.10 Å². The van der Waals surface area contributed by atoms with Crippen molar-refractivity contribution in [1.29, 1.82) is 5.26 Å². The lowest BCUT2D eigenvalue weighted by Crippen LogP contribution is -2.04. The number of aryl methyl sites for hydroxylation is 1. The van der Waals surface area contributed by atoms with E-state index in [1.54, 1.807) is 0 Å². The van der Waals surface area contributed by atoms with E-state index in [4.69, 9.17) is 5.26 Å². The summed E-state index contributed by atoms with van der Waals surface area (Å²) >= 11 is 0. The molecule has 2 aromatic rings. The van der Waals surface area contributed by atoms with Crippen LogP contribution in [0.4, 0.5) is 0 Å². The molecule has 1 aromatic carbocycles. The third-order valence-corrected chi connectivity index (χ3v) is 3.40. The Balaban J connectivity index is 2.53. The van der Waals surface area contributed by atoms with Crippen molar-refractivity contribution in [1.82, 2.24) is 10.2 Å². The van der Waals surface area contributed by atoms with Crippen LogP contribution in [0, 0.1) is 18.3 Å². The molecular weight excluding hydrogens is 234 g/mol. The van der Waals surface area contributed by atoms with E-state index in [2.05, 4.69) is 37.0 Å². The highest BCUT2D eigenvalue weighted by molar-refractivity contribution is 5.64. The molecule has 19 heavy (non-hydrogen) atoms. The minimum Gasteiger partial charge on any atom is -0.192 e. The van der Waals surface area contributed by atoms with Crippen molar-refractivity contribution < 1.29 is 0 Å². The first-order valence-corrected chi connectivity index (χ1v) is 6.56. The van der Waals surface area contributed by atoms with Gasteiger partial charge >= 0.3 is 0 Å². The number of rotatable bonds is 3. The normalized spacial score (nSPS) is 10.2. The van der Waals surface area contributed by atoms with Gasteiger partial charge in [0.2, 0.25) is 0 Å². The van der Waals surface area contributed by atoms with Gasteiger partial charge in [0.05, 0.1) is 23.0 Å². The van der Waals surface area contributed by atoms with Crippen LogP contribution in [0.5, 0.6) is 0 Å². The van der Waals surface area contributed by atoms with Crippen LogP contribution < -0.4 is 0 Å². The quantitative estimate of drug-likeness (QED) is 0.839. The highest BCUT2D eigenvalue weighted by Crippen LogP contribution is 2.25. The van der Waals surface area contributed by atoms with Crippen molar-refractivity contribution in [2.45, 2.75) is 33.6 Å². The van der Waals surface area contributed by atoms with E-state index in [1.165, 1.54) is 11.1 Å². The van der Waals surface area contributed by atoms with Gasteiger partial charge in [0.25, 0.3) is 0 Å². The Morgan fingerprint density at radius 2 is 1.74 bits per heavy atom. The molecule has 0 amide bonds. The molecule has 1 aromatic heterocycles. The van der Waals surface area contributed by atoms with Crippen molar-refractivity contribution in [2.24, 2.45) is 0 Å². The Bertz CT molecular complexity index is 622. The molecule has 0 saturated carbocycles. The summed E-state index contributed by atoms with van der Waals surface area (Å²) in [5.74, 6) is 0. The second-order valence-corrected chi connectivity index (χ2v) is 4.50. The molecule has 0 unspecified atom stereocenters. The number of aromatic nitrogens is 2. The summed E-state index contributed by atoms with van der Waals surface area (Å²) in [5.41, 5.74) is 6.16. The fourth-order valence-electron chi connectivity index (χ4n) is 2.34. The first-order valence-electron chi connectivity index (χ1n) is 6.56. The highest BCUT2D eigenvalue weighted by atomic mass is 15.1. The fourth-order valence-corrected chi connectivity index (χ4v) is 2.34. The number of hydrogen-bond donors (Lipinski definition) is 0. The molecule has 0 saturated heterocycles. The molecule has 1 heterocycles. The summed E-state index contributed by atoms with van der Waals surface area (Å²) in [6.07, 6.45) is 1.87. The Kier molecular flexibility index (Phi) is 3.91. The number of nitrogens with zero attached hydrogens (tertiary/aromatic N) is 3. The predicted octanol–water partition coefficient (Wildman–Crippen LogP) is 3.45. The lowest BCUT2D eigenvalue weighted by Gasteiger charge is -2.12. The highest BCUT2D eigenvalue weighted by Gasteiger charge is 2.12. The Hall–Kier alpha value is -2.21. The number of nitriles is 1. The zero-order valence-corrected chi connectivity index (χ0v) is 11.6. The molecule has 0 aliphatic rings. The summed E-state index contributed by atoms with van der Waals surface area (Å²) in [4.78, 5) is 0. The van der Waals surface area contributed by atoms with Gasteiger partial charge in [0, 0.05) is 5.56 Å². The zero-order chi connectivity index (χ0) is 13.8. The minimum atomic E-state index is 0.662. The molecule has 3 heteroatoms. The van der Waals surface area contributed by atoms with Crippen LogP contribution in [0.15, 0.2) is 24.3 Å². The summed E-state index contributed by atoms with van der Waals surface area (Å²) in [5, 5.41) is 17.5. The summed E-state index contributed by atoms with van der Waals surface area (Å²) in [6, 6.07) is 9.62. The van der Waals surface area contributed by atoms with E-state index in [9.17, 15) is 0 Å². The Morgan fingerprint density at radius 1 is 1.05 bits per heavy atom. The second-order valence-electron chi connectivity index (χ2n) is 4.50. The molecule has 2 rings (SSSR count). The molecule has 96 valence electrons. The molecule has 0 spiro atoms. The van der Waals surface area contributed by atoms with E-state index >= 15 is 0 Å². The van der Waals surface area contributed by atoms with Gasteiger partial charge in [0.15, 0.2) is 0 Å². The summed E-state index contributed by atoms with van der Waals surface area (Å²) in [7, 11) is 0. The third kappa shape index (κ3) is 2.48.